The molecule has 0 amide bonds. The molecular formula is C10H13ClN2O. The maximum absolute atomic E-state index is 5.91. The summed E-state index contributed by atoms with van der Waals surface area (Å²) in [6.07, 6.45) is 2.74. The Balaban J connectivity index is 2.33. The smallest absolute Gasteiger partial charge is 0.216 e. The average Bonchev–Trinajstić information content (AvgIpc) is 2.70. The number of halogens is 1. The van der Waals surface area contributed by atoms with Crippen molar-refractivity contribution >= 4 is 11.6 Å². The number of pyridine rings is 1. The first-order valence-corrected chi connectivity index (χ1v) is 5.09. The first-order chi connectivity index (χ1) is 6.81. The number of nitrogens with one attached hydrogen (secondary N) is 1. The van der Waals surface area contributed by atoms with E-state index in [9.17, 15) is 0 Å². The van der Waals surface area contributed by atoms with Gasteiger partial charge >= 0.3 is 0 Å². The fourth-order valence-corrected chi connectivity index (χ4v) is 1.99. The Labute approximate surface area is 88.4 Å². The van der Waals surface area contributed by atoms with Gasteiger partial charge in [0.15, 0.2) is 0 Å². The molecule has 1 saturated heterocycles. The van der Waals surface area contributed by atoms with Gasteiger partial charge in [0.2, 0.25) is 5.88 Å². The zero-order chi connectivity index (χ0) is 9.97. The molecule has 0 aliphatic carbocycles. The third-order valence-corrected chi connectivity index (χ3v) is 2.75. The summed E-state index contributed by atoms with van der Waals surface area (Å²) in [7, 11) is 1.64. The van der Waals surface area contributed by atoms with Crippen molar-refractivity contribution in [3.63, 3.8) is 0 Å². The largest absolute Gasteiger partial charge is 0.481 e. The van der Waals surface area contributed by atoms with Crippen LogP contribution in [0.4, 0.5) is 0 Å². The van der Waals surface area contributed by atoms with E-state index in [0.29, 0.717) is 16.8 Å². The zero-order valence-electron chi connectivity index (χ0n) is 8.09. The molecule has 4 heteroatoms. The Morgan fingerprint density at radius 1 is 1.64 bits per heavy atom. The van der Waals surface area contributed by atoms with Crippen molar-refractivity contribution in [1.29, 1.82) is 0 Å². The van der Waals surface area contributed by atoms with E-state index >= 15 is 0 Å². The van der Waals surface area contributed by atoms with Gasteiger partial charge in [-0.05, 0) is 19.0 Å². The van der Waals surface area contributed by atoms with E-state index in [1.807, 2.05) is 6.07 Å². The molecule has 1 fully saturated rings. The molecule has 1 unspecified atom stereocenters. The molecule has 1 aliphatic heterocycles. The monoisotopic (exact) mass is 212 g/mol. The van der Waals surface area contributed by atoms with Crippen molar-refractivity contribution in [2.24, 2.45) is 0 Å². The molecule has 2 heterocycles. The number of aromatic nitrogens is 1. The fraction of sp³-hybridized carbons (Fsp3) is 0.500. The van der Waals surface area contributed by atoms with Crippen LogP contribution in [0.15, 0.2) is 12.3 Å². The molecule has 0 aromatic carbocycles. The molecule has 3 nitrogen and oxygen atoms in total. The van der Waals surface area contributed by atoms with Crippen molar-refractivity contribution in [2.75, 3.05) is 20.2 Å². The minimum Gasteiger partial charge on any atom is -0.481 e. The molecule has 1 aliphatic rings. The number of methoxy groups -OCH3 is 1. The highest BCUT2D eigenvalue weighted by atomic mass is 35.5. The number of hydrogen-bond acceptors (Lipinski definition) is 3. The number of rotatable bonds is 2. The van der Waals surface area contributed by atoms with E-state index in [0.717, 1.165) is 25.1 Å². The van der Waals surface area contributed by atoms with Crippen LogP contribution in [-0.4, -0.2) is 25.2 Å². The van der Waals surface area contributed by atoms with Crippen LogP contribution < -0.4 is 10.1 Å². The molecule has 2 rings (SSSR count). The van der Waals surface area contributed by atoms with Gasteiger partial charge in [-0.15, -0.1) is 0 Å². The first kappa shape index (κ1) is 9.74. The molecule has 0 radical (unpaired) electrons. The minimum absolute atomic E-state index is 0.483. The van der Waals surface area contributed by atoms with Crippen molar-refractivity contribution in [3.8, 4) is 5.88 Å². The number of hydrogen-bond donors (Lipinski definition) is 1. The van der Waals surface area contributed by atoms with E-state index in [1.165, 1.54) is 0 Å². The topological polar surface area (TPSA) is 34.1 Å². The zero-order valence-corrected chi connectivity index (χ0v) is 8.84. The minimum atomic E-state index is 0.483. The van der Waals surface area contributed by atoms with E-state index < -0.39 is 0 Å². The molecule has 0 bridgehead atoms. The van der Waals surface area contributed by atoms with Gasteiger partial charge < -0.3 is 10.1 Å². The third kappa shape index (κ3) is 1.83. The highest BCUT2D eigenvalue weighted by molar-refractivity contribution is 6.30. The van der Waals surface area contributed by atoms with Gasteiger partial charge in [0.05, 0.1) is 12.1 Å². The van der Waals surface area contributed by atoms with E-state index in [2.05, 4.69) is 10.3 Å². The predicted octanol–water partition coefficient (Wildman–Crippen LogP) is 1.82. The van der Waals surface area contributed by atoms with Crippen LogP contribution in [0.25, 0.3) is 0 Å². The molecule has 1 aromatic rings. The van der Waals surface area contributed by atoms with Gasteiger partial charge in [-0.2, -0.15) is 0 Å². The number of ether oxygens (including phenoxy) is 1. The maximum atomic E-state index is 5.91. The maximum Gasteiger partial charge on any atom is 0.216 e. The second kappa shape index (κ2) is 4.15. The summed E-state index contributed by atoms with van der Waals surface area (Å²) in [5.41, 5.74) is 1.12. The van der Waals surface area contributed by atoms with Gasteiger partial charge in [-0.1, -0.05) is 11.6 Å². The highest BCUT2D eigenvalue weighted by Gasteiger charge is 2.21. The Kier molecular flexibility index (Phi) is 2.89. The summed E-state index contributed by atoms with van der Waals surface area (Å²) in [6.45, 7) is 2.04. The van der Waals surface area contributed by atoms with Crippen LogP contribution >= 0.6 is 11.6 Å². The van der Waals surface area contributed by atoms with Crippen LogP contribution in [0, 0.1) is 0 Å². The summed E-state index contributed by atoms with van der Waals surface area (Å²) in [6, 6.07) is 1.95. The van der Waals surface area contributed by atoms with Gasteiger partial charge in [0.1, 0.15) is 0 Å². The summed E-state index contributed by atoms with van der Waals surface area (Å²) >= 11 is 5.91. The third-order valence-electron chi connectivity index (χ3n) is 2.54. The van der Waals surface area contributed by atoms with Crippen LogP contribution in [0.2, 0.25) is 5.02 Å². The number of nitrogens with zero attached hydrogens (tertiary/aromatic N) is 1. The van der Waals surface area contributed by atoms with Gasteiger partial charge in [-0.25, -0.2) is 4.98 Å². The standard InChI is InChI=1S/C10H13ClN2O/c1-14-10-9(4-8(11)6-13-10)7-2-3-12-5-7/h4,6-7,12H,2-3,5H2,1H3. The Bertz CT molecular complexity index is 324. The SMILES string of the molecule is COc1ncc(Cl)cc1C1CCNC1. The molecule has 1 atom stereocenters. The lowest BCUT2D eigenvalue weighted by molar-refractivity contribution is 0.389. The molecule has 0 spiro atoms. The average molecular weight is 213 g/mol. The summed E-state index contributed by atoms with van der Waals surface area (Å²) < 4.78 is 5.22. The van der Waals surface area contributed by atoms with Crippen molar-refractivity contribution in [1.82, 2.24) is 10.3 Å². The molecule has 14 heavy (non-hydrogen) atoms. The second-order valence-corrected chi connectivity index (χ2v) is 3.88. The van der Waals surface area contributed by atoms with Crippen molar-refractivity contribution in [2.45, 2.75) is 12.3 Å². The van der Waals surface area contributed by atoms with Crippen LogP contribution in [0.3, 0.4) is 0 Å². The molecule has 76 valence electrons. The van der Waals surface area contributed by atoms with Crippen LogP contribution in [0.1, 0.15) is 17.9 Å². The lowest BCUT2D eigenvalue weighted by Gasteiger charge is -2.12. The lowest BCUT2D eigenvalue weighted by Crippen LogP contribution is -2.09. The van der Waals surface area contributed by atoms with Gasteiger partial charge in [0, 0.05) is 24.2 Å². The lowest BCUT2D eigenvalue weighted by atomic mass is 10.00. The summed E-state index contributed by atoms with van der Waals surface area (Å²) in [4.78, 5) is 4.16. The quantitative estimate of drug-likeness (QED) is 0.812. The second-order valence-electron chi connectivity index (χ2n) is 3.44. The van der Waals surface area contributed by atoms with Crippen LogP contribution in [-0.2, 0) is 0 Å². The Hall–Kier alpha value is -0.800. The van der Waals surface area contributed by atoms with E-state index in [4.69, 9.17) is 16.3 Å². The molecular weight excluding hydrogens is 200 g/mol. The van der Waals surface area contributed by atoms with Crippen molar-refractivity contribution < 1.29 is 4.74 Å². The van der Waals surface area contributed by atoms with E-state index in [1.54, 1.807) is 13.3 Å². The summed E-state index contributed by atoms with van der Waals surface area (Å²) in [5, 5.41) is 3.99. The fourth-order valence-electron chi connectivity index (χ4n) is 1.83. The summed E-state index contributed by atoms with van der Waals surface area (Å²) in [5.74, 6) is 1.18. The predicted molar refractivity (Wildman–Crippen MR) is 56.0 cm³/mol. The van der Waals surface area contributed by atoms with Gasteiger partial charge in [0.25, 0.3) is 0 Å². The van der Waals surface area contributed by atoms with E-state index in [-0.39, 0.29) is 0 Å². The molecule has 1 N–H and O–H groups in total. The van der Waals surface area contributed by atoms with Gasteiger partial charge in [-0.3, -0.25) is 0 Å². The molecule has 0 saturated carbocycles. The normalized spacial score (nSPS) is 21.1. The van der Waals surface area contributed by atoms with Crippen LogP contribution in [0.5, 0.6) is 5.88 Å². The molecule has 1 aromatic heterocycles. The van der Waals surface area contributed by atoms with Crippen molar-refractivity contribution in [3.05, 3.63) is 22.8 Å². The Morgan fingerprint density at radius 2 is 2.50 bits per heavy atom. The Morgan fingerprint density at radius 3 is 3.14 bits per heavy atom. The highest BCUT2D eigenvalue weighted by Crippen LogP contribution is 2.30. The first-order valence-electron chi connectivity index (χ1n) is 4.71.